The van der Waals surface area contributed by atoms with Gasteiger partial charge >= 0.3 is 6.03 Å². The van der Waals surface area contributed by atoms with Crippen LogP contribution < -0.4 is 5.32 Å². The Hall–Kier alpha value is -1.10. The summed E-state index contributed by atoms with van der Waals surface area (Å²) in [5.41, 5.74) is 0. The summed E-state index contributed by atoms with van der Waals surface area (Å²) < 4.78 is 4.92. The molecule has 80 valence electrons. The number of nitrogens with zero attached hydrogens (tertiary/aromatic N) is 1. The highest BCUT2D eigenvalue weighted by atomic mass is 16.5. The number of ether oxygens (including phenoxy) is 1. The number of amides is 2. The molecule has 1 fully saturated rings. The molecule has 1 saturated heterocycles. The lowest BCUT2D eigenvalue weighted by molar-refractivity contribution is 0.149. The first kappa shape index (κ1) is 11.0. The first-order valence-corrected chi connectivity index (χ1v) is 4.85. The zero-order chi connectivity index (χ0) is 10.6. The summed E-state index contributed by atoms with van der Waals surface area (Å²) >= 11 is 0. The molecule has 0 saturated carbocycles. The zero-order valence-corrected chi connectivity index (χ0v) is 8.67. The van der Waals surface area contributed by atoms with E-state index in [0.29, 0.717) is 19.0 Å². The first-order valence-electron chi connectivity index (χ1n) is 4.85. The topological polar surface area (TPSA) is 65.4 Å². The van der Waals surface area contributed by atoms with E-state index in [1.807, 2.05) is 6.92 Å². The van der Waals surface area contributed by atoms with Crippen LogP contribution in [0, 0.1) is 5.41 Å². The lowest BCUT2D eigenvalue weighted by Gasteiger charge is -2.21. The smallest absolute Gasteiger partial charge is 0.323 e. The second-order valence-electron chi connectivity index (χ2n) is 3.33. The third-order valence-corrected chi connectivity index (χ3v) is 2.31. The maximum Gasteiger partial charge on any atom is 0.323 e. The Balaban J connectivity index is 2.58. The average Bonchev–Trinajstić information content (AvgIpc) is 2.40. The van der Waals surface area contributed by atoms with Gasteiger partial charge in [0.15, 0.2) is 0 Å². The minimum absolute atomic E-state index is 0.0809. The van der Waals surface area contributed by atoms with E-state index in [1.165, 1.54) is 0 Å². The number of hydrogen-bond acceptors (Lipinski definition) is 3. The van der Waals surface area contributed by atoms with Gasteiger partial charge in [0.2, 0.25) is 0 Å². The number of hydrogen-bond donors (Lipinski definition) is 2. The van der Waals surface area contributed by atoms with Crippen LogP contribution in [-0.4, -0.2) is 43.1 Å². The van der Waals surface area contributed by atoms with Crippen molar-refractivity contribution in [3.05, 3.63) is 0 Å². The molecular weight excluding hydrogens is 182 g/mol. The number of rotatable bonds is 5. The van der Waals surface area contributed by atoms with E-state index >= 15 is 0 Å². The van der Waals surface area contributed by atoms with Crippen LogP contribution in [0.15, 0.2) is 0 Å². The number of carbonyl (C=O) groups excluding carboxylic acids is 1. The van der Waals surface area contributed by atoms with Crippen molar-refractivity contribution in [2.45, 2.75) is 25.8 Å². The Morgan fingerprint density at radius 2 is 2.36 bits per heavy atom. The van der Waals surface area contributed by atoms with E-state index in [1.54, 1.807) is 12.0 Å². The van der Waals surface area contributed by atoms with Gasteiger partial charge in [0.1, 0.15) is 5.84 Å². The molecule has 0 aromatic carbocycles. The molecule has 1 aliphatic heterocycles. The third-order valence-electron chi connectivity index (χ3n) is 2.31. The summed E-state index contributed by atoms with van der Waals surface area (Å²) in [4.78, 5) is 13.1. The molecule has 1 rings (SSSR count). The maximum absolute atomic E-state index is 11.4. The normalized spacial score (nSPS) is 21.6. The Morgan fingerprint density at radius 3 is 2.93 bits per heavy atom. The molecule has 0 bridgehead atoms. The van der Waals surface area contributed by atoms with Crippen molar-refractivity contribution in [3.63, 3.8) is 0 Å². The fourth-order valence-electron chi connectivity index (χ4n) is 1.59. The van der Waals surface area contributed by atoms with Crippen LogP contribution in [0.25, 0.3) is 0 Å². The van der Waals surface area contributed by atoms with E-state index in [2.05, 4.69) is 5.32 Å². The van der Waals surface area contributed by atoms with E-state index in [0.717, 1.165) is 12.8 Å². The standard InChI is InChI=1S/C9H17N3O2/c1-3-4-7-8(10)11-9(13)12(7)5-6-14-2/h7H,3-6H2,1-2H3,(H2,10,11,13). The maximum atomic E-state index is 11.4. The van der Waals surface area contributed by atoms with Gasteiger partial charge in [-0.2, -0.15) is 0 Å². The molecule has 0 aromatic rings. The Kier molecular flexibility index (Phi) is 3.88. The predicted molar refractivity (Wildman–Crippen MR) is 53.5 cm³/mol. The number of urea groups is 1. The molecule has 1 atom stereocenters. The predicted octanol–water partition coefficient (Wildman–Crippen LogP) is 0.804. The minimum atomic E-state index is -0.175. The number of carbonyl (C=O) groups is 1. The van der Waals surface area contributed by atoms with E-state index in [-0.39, 0.29) is 12.1 Å². The van der Waals surface area contributed by atoms with Gasteiger partial charge in [-0.15, -0.1) is 0 Å². The Morgan fingerprint density at radius 1 is 1.64 bits per heavy atom. The molecule has 1 aliphatic rings. The molecule has 2 amide bonds. The van der Waals surface area contributed by atoms with E-state index < -0.39 is 0 Å². The second-order valence-corrected chi connectivity index (χ2v) is 3.33. The summed E-state index contributed by atoms with van der Waals surface area (Å²) in [6, 6.07) is -0.256. The summed E-state index contributed by atoms with van der Waals surface area (Å²) in [6.07, 6.45) is 1.80. The zero-order valence-electron chi connectivity index (χ0n) is 8.67. The number of nitrogens with one attached hydrogen (secondary N) is 2. The molecule has 14 heavy (non-hydrogen) atoms. The molecule has 5 heteroatoms. The molecular formula is C9H17N3O2. The summed E-state index contributed by atoms with van der Waals surface area (Å²) in [5.74, 6) is 0.313. The van der Waals surface area contributed by atoms with Gasteiger partial charge in [0.05, 0.1) is 12.6 Å². The van der Waals surface area contributed by atoms with E-state index in [9.17, 15) is 4.79 Å². The SMILES string of the molecule is CCCC1C(=N)NC(=O)N1CCOC. The molecule has 2 N–H and O–H groups in total. The van der Waals surface area contributed by atoms with Crippen LogP contribution in [0.1, 0.15) is 19.8 Å². The average molecular weight is 199 g/mol. The molecule has 1 heterocycles. The molecule has 0 radical (unpaired) electrons. The molecule has 1 unspecified atom stereocenters. The van der Waals surface area contributed by atoms with Crippen molar-refractivity contribution < 1.29 is 9.53 Å². The minimum Gasteiger partial charge on any atom is -0.383 e. The molecule has 0 aliphatic carbocycles. The van der Waals surface area contributed by atoms with Crippen molar-refractivity contribution in [3.8, 4) is 0 Å². The van der Waals surface area contributed by atoms with Crippen molar-refractivity contribution >= 4 is 11.9 Å². The lowest BCUT2D eigenvalue weighted by atomic mass is 10.1. The van der Waals surface area contributed by atoms with Crippen molar-refractivity contribution in [1.29, 1.82) is 5.41 Å². The molecule has 0 spiro atoms. The first-order chi connectivity index (χ1) is 6.70. The van der Waals surface area contributed by atoms with Crippen LogP contribution in [0.5, 0.6) is 0 Å². The summed E-state index contributed by atoms with van der Waals surface area (Å²) in [6.45, 7) is 3.11. The fraction of sp³-hybridized carbons (Fsp3) is 0.778. The summed E-state index contributed by atoms with van der Waals surface area (Å²) in [5, 5.41) is 10.1. The van der Waals surface area contributed by atoms with Gasteiger partial charge in [-0.05, 0) is 6.42 Å². The monoisotopic (exact) mass is 199 g/mol. The molecule has 5 nitrogen and oxygen atoms in total. The van der Waals surface area contributed by atoms with E-state index in [4.69, 9.17) is 10.1 Å². The quantitative estimate of drug-likeness (QED) is 0.688. The van der Waals surface area contributed by atoms with Gasteiger partial charge < -0.3 is 9.64 Å². The van der Waals surface area contributed by atoms with Crippen molar-refractivity contribution in [1.82, 2.24) is 10.2 Å². The largest absolute Gasteiger partial charge is 0.383 e. The van der Waals surface area contributed by atoms with Gasteiger partial charge in [0, 0.05) is 13.7 Å². The fourth-order valence-corrected chi connectivity index (χ4v) is 1.59. The van der Waals surface area contributed by atoms with Crippen molar-refractivity contribution in [2.75, 3.05) is 20.3 Å². The third kappa shape index (κ3) is 2.23. The van der Waals surface area contributed by atoms with Crippen molar-refractivity contribution in [2.24, 2.45) is 0 Å². The van der Waals surface area contributed by atoms with Gasteiger partial charge in [-0.1, -0.05) is 13.3 Å². The summed E-state index contributed by atoms with van der Waals surface area (Å²) in [7, 11) is 1.61. The highest BCUT2D eigenvalue weighted by molar-refractivity contribution is 6.05. The number of methoxy groups -OCH3 is 1. The number of amidine groups is 1. The van der Waals surface area contributed by atoms with Crippen LogP contribution >= 0.6 is 0 Å². The molecule has 0 aromatic heterocycles. The lowest BCUT2D eigenvalue weighted by Crippen LogP contribution is -2.37. The second kappa shape index (κ2) is 4.95. The Bertz CT molecular complexity index is 230. The van der Waals surface area contributed by atoms with Gasteiger partial charge in [0.25, 0.3) is 0 Å². The van der Waals surface area contributed by atoms with Crippen LogP contribution in [0.3, 0.4) is 0 Å². The Labute approximate surface area is 83.9 Å². The van der Waals surface area contributed by atoms with Crippen LogP contribution in [-0.2, 0) is 4.74 Å². The van der Waals surface area contributed by atoms with Gasteiger partial charge in [-0.3, -0.25) is 10.7 Å². The van der Waals surface area contributed by atoms with Crippen LogP contribution in [0.2, 0.25) is 0 Å². The highest BCUT2D eigenvalue weighted by Crippen LogP contribution is 2.13. The van der Waals surface area contributed by atoms with Gasteiger partial charge in [-0.25, -0.2) is 4.79 Å². The highest BCUT2D eigenvalue weighted by Gasteiger charge is 2.34. The van der Waals surface area contributed by atoms with Crippen LogP contribution in [0.4, 0.5) is 4.79 Å².